The van der Waals surface area contributed by atoms with Crippen molar-refractivity contribution < 1.29 is 4.79 Å². The third kappa shape index (κ3) is 5.14. The van der Waals surface area contributed by atoms with Crippen molar-refractivity contribution in [3.63, 3.8) is 0 Å². The van der Waals surface area contributed by atoms with E-state index in [0.29, 0.717) is 31.1 Å². The summed E-state index contributed by atoms with van der Waals surface area (Å²) in [6, 6.07) is 17.8. The van der Waals surface area contributed by atoms with Crippen molar-refractivity contribution in [3.8, 4) is 0 Å². The van der Waals surface area contributed by atoms with Gasteiger partial charge >= 0.3 is 0 Å². The summed E-state index contributed by atoms with van der Waals surface area (Å²) in [5.74, 6) is 0.960. The van der Waals surface area contributed by atoms with Crippen LogP contribution in [0.4, 0.5) is 0 Å². The molecule has 160 valence electrons. The second-order valence-corrected chi connectivity index (χ2v) is 7.99. The number of nitrogens with zero attached hydrogens (tertiary/aromatic N) is 4. The first-order valence-corrected chi connectivity index (χ1v) is 10.8. The van der Waals surface area contributed by atoms with Crippen LogP contribution in [0.1, 0.15) is 11.3 Å². The van der Waals surface area contributed by atoms with Gasteiger partial charge in [0, 0.05) is 49.8 Å². The van der Waals surface area contributed by atoms with Gasteiger partial charge in [-0.25, -0.2) is 0 Å². The lowest BCUT2D eigenvalue weighted by Gasteiger charge is -2.36. The van der Waals surface area contributed by atoms with Crippen molar-refractivity contribution >= 4 is 34.2 Å². The van der Waals surface area contributed by atoms with Crippen LogP contribution in [0.25, 0.3) is 10.8 Å². The minimum atomic E-state index is 0.129. The monoisotopic (exact) mass is 435 g/mol. The highest BCUT2D eigenvalue weighted by Crippen LogP contribution is 2.16. The predicted molar refractivity (Wildman–Crippen MR) is 125 cm³/mol. The molecule has 6 nitrogen and oxygen atoms in total. The number of piperazine rings is 1. The van der Waals surface area contributed by atoms with Crippen LogP contribution in [0.3, 0.4) is 0 Å². The number of hydrogen-bond acceptors (Lipinski definition) is 3. The van der Waals surface area contributed by atoms with Gasteiger partial charge in [-0.1, -0.05) is 48.0 Å². The van der Waals surface area contributed by atoms with E-state index in [9.17, 15) is 4.79 Å². The Morgan fingerprint density at radius 3 is 2.61 bits per heavy atom. The van der Waals surface area contributed by atoms with Crippen molar-refractivity contribution in [3.05, 3.63) is 77.1 Å². The summed E-state index contributed by atoms with van der Waals surface area (Å²) in [5.41, 5.74) is 1.94. The number of aliphatic imine (C=N–C) groups is 1. The van der Waals surface area contributed by atoms with Crippen LogP contribution in [0.5, 0.6) is 0 Å². The average molecular weight is 436 g/mol. The molecule has 3 aromatic rings. The number of fused-ring (bicyclic) bond motifs is 1. The first kappa shape index (κ1) is 21.1. The molecule has 2 aromatic carbocycles. The maximum Gasteiger partial charge on any atom is 0.227 e. The van der Waals surface area contributed by atoms with Crippen molar-refractivity contribution in [1.82, 2.24) is 20.1 Å². The van der Waals surface area contributed by atoms with Gasteiger partial charge in [0.15, 0.2) is 5.96 Å². The van der Waals surface area contributed by atoms with Gasteiger partial charge in [-0.15, -0.1) is 0 Å². The number of pyridine rings is 1. The van der Waals surface area contributed by atoms with E-state index in [2.05, 4.69) is 32.3 Å². The van der Waals surface area contributed by atoms with Crippen LogP contribution in [0, 0.1) is 0 Å². The molecule has 0 radical (unpaired) electrons. The van der Waals surface area contributed by atoms with Gasteiger partial charge in [-0.3, -0.25) is 14.8 Å². The van der Waals surface area contributed by atoms with Gasteiger partial charge in [-0.05, 0) is 29.1 Å². The lowest BCUT2D eigenvalue weighted by Crippen LogP contribution is -2.53. The Bertz CT molecular complexity index is 1090. The summed E-state index contributed by atoms with van der Waals surface area (Å²) in [6.07, 6.45) is 2.21. The Kier molecular flexibility index (Phi) is 6.67. The summed E-state index contributed by atoms with van der Waals surface area (Å²) < 4.78 is 0. The molecule has 1 amide bonds. The van der Waals surface area contributed by atoms with Gasteiger partial charge in [-0.2, -0.15) is 0 Å². The fourth-order valence-electron chi connectivity index (χ4n) is 3.92. The minimum Gasteiger partial charge on any atom is -0.351 e. The first-order chi connectivity index (χ1) is 15.1. The zero-order valence-corrected chi connectivity index (χ0v) is 18.3. The maximum absolute atomic E-state index is 12.7. The molecule has 0 aliphatic carbocycles. The Hall–Kier alpha value is -3.12. The summed E-state index contributed by atoms with van der Waals surface area (Å²) >= 11 is 6.03. The SMILES string of the molecule is CN=C(NCc1nccc2ccccc12)N1CCN(C(=O)Cc2cccc(Cl)c2)CC1. The molecular formula is C24H26ClN5O. The first-order valence-electron chi connectivity index (χ1n) is 10.4. The smallest absolute Gasteiger partial charge is 0.227 e. The van der Waals surface area contributed by atoms with Crippen LogP contribution in [-0.2, 0) is 17.8 Å². The lowest BCUT2D eigenvalue weighted by atomic mass is 10.1. The van der Waals surface area contributed by atoms with Gasteiger partial charge in [0.05, 0.1) is 18.7 Å². The van der Waals surface area contributed by atoms with Crippen LogP contribution < -0.4 is 5.32 Å². The molecule has 31 heavy (non-hydrogen) atoms. The number of amides is 1. The van der Waals surface area contributed by atoms with Crippen molar-refractivity contribution in [2.24, 2.45) is 4.99 Å². The quantitative estimate of drug-likeness (QED) is 0.504. The highest BCUT2D eigenvalue weighted by molar-refractivity contribution is 6.30. The molecule has 4 rings (SSSR count). The third-order valence-corrected chi connectivity index (χ3v) is 5.79. The van der Waals surface area contributed by atoms with Gasteiger partial charge < -0.3 is 15.1 Å². The molecule has 0 saturated carbocycles. The molecule has 0 bridgehead atoms. The Balaban J connectivity index is 1.32. The van der Waals surface area contributed by atoms with Crippen LogP contribution >= 0.6 is 11.6 Å². The normalized spacial score (nSPS) is 14.7. The number of rotatable bonds is 4. The number of nitrogens with one attached hydrogen (secondary N) is 1. The van der Waals surface area contributed by atoms with E-state index in [1.165, 1.54) is 5.39 Å². The summed E-state index contributed by atoms with van der Waals surface area (Å²) in [5, 5.41) is 6.41. The molecule has 1 N–H and O–H groups in total. The topological polar surface area (TPSA) is 60.8 Å². The predicted octanol–water partition coefficient (Wildman–Crippen LogP) is 3.35. The molecule has 2 heterocycles. The van der Waals surface area contributed by atoms with Crippen molar-refractivity contribution in [1.29, 1.82) is 0 Å². The summed E-state index contributed by atoms with van der Waals surface area (Å²) in [7, 11) is 1.79. The number of guanidine groups is 1. The average Bonchev–Trinajstić information content (AvgIpc) is 2.80. The molecule has 1 saturated heterocycles. The summed E-state index contributed by atoms with van der Waals surface area (Å²) in [4.78, 5) is 25.8. The van der Waals surface area contributed by atoms with Gasteiger partial charge in [0.2, 0.25) is 5.91 Å². The lowest BCUT2D eigenvalue weighted by molar-refractivity contribution is -0.131. The molecule has 1 aliphatic rings. The number of carbonyl (C=O) groups excluding carboxylic acids is 1. The minimum absolute atomic E-state index is 0.129. The molecule has 7 heteroatoms. The van der Waals surface area contributed by atoms with E-state index >= 15 is 0 Å². The van der Waals surface area contributed by atoms with E-state index in [0.717, 1.165) is 35.7 Å². The zero-order chi connectivity index (χ0) is 21.6. The molecule has 1 aromatic heterocycles. The van der Waals surface area contributed by atoms with E-state index in [-0.39, 0.29) is 5.91 Å². The number of carbonyl (C=O) groups is 1. The Labute approximate surface area is 187 Å². The van der Waals surface area contributed by atoms with Crippen LogP contribution in [0.2, 0.25) is 5.02 Å². The van der Waals surface area contributed by atoms with Crippen molar-refractivity contribution in [2.45, 2.75) is 13.0 Å². The van der Waals surface area contributed by atoms with Crippen molar-refractivity contribution in [2.75, 3.05) is 33.2 Å². The highest BCUT2D eigenvalue weighted by atomic mass is 35.5. The molecule has 0 atom stereocenters. The number of aromatic nitrogens is 1. The van der Waals surface area contributed by atoms with Gasteiger partial charge in [0.1, 0.15) is 0 Å². The van der Waals surface area contributed by atoms with E-state index in [4.69, 9.17) is 11.6 Å². The maximum atomic E-state index is 12.7. The third-order valence-electron chi connectivity index (χ3n) is 5.56. The summed E-state index contributed by atoms with van der Waals surface area (Å²) in [6.45, 7) is 3.43. The van der Waals surface area contributed by atoms with E-state index in [1.807, 2.05) is 53.6 Å². The molecule has 0 spiro atoms. The molecule has 1 fully saturated rings. The Morgan fingerprint density at radius 2 is 1.84 bits per heavy atom. The van der Waals surface area contributed by atoms with Crippen LogP contribution in [-0.4, -0.2) is 59.9 Å². The number of hydrogen-bond donors (Lipinski definition) is 1. The largest absolute Gasteiger partial charge is 0.351 e. The molecule has 0 unspecified atom stereocenters. The van der Waals surface area contributed by atoms with Gasteiger partial charge in [0.25, 0.3) is 0 Å². The second kappa shape index (κ2) is 9.79. The number of benzene rings is 2. The van der Waals surface area contributed by atoms with Crippen LogP contribution in [0.15, 0.2) is 65.8 Å². The number of halogens is 1. The zero-order valence-electron chi connectivity index (χ0n) is 17.6. The Morgan fingerprint density at radius 1 is 1.06 bits per heavy atom. The van der Waals surface area contributed by atoms with E-state index in [1.54, 1.807) is 7.05 Å². The molecule has 1 aliphatic heterocycles. The second-order valence-electron chi connectivity index (χ2n) is 7.55. The highest BCUT2D eigenvalue weighted by Gasteiger charge is 2.23. The fourth-order valence-corrected chi connectivity index (χ4v) is 4.13. The van der Waals surface area contributed by atoms with E-state index < -0.39 is 0 Å². The fraction of sp³-hybridized carbons (Fsp3) is 0.292. The molecular weight excluding hydrogens is 410 g/mol. The standard InChI is InChI=1S/C24H26ClN5O/c1-26-24(28-17-22-21-8-3-2-6-19(21)9-10-27-22)30-13-11-29(12-14-30)23(31)16-18-5-4-7-20(25)15-18/h2-10,15H,11-14,16-17H2,1H3,(H,26,28).